The SMILES string of the molecule is CC(CN(C)C(=O)Cc1[nH]nc2ccccc12)C(=O)O. The van der Waals surface area contributed by atoms with E-state index in [4.69, 9.17) is 5.11 Å². The normalized spacial score (nSPS) is 12.3. The van der Waals surface area contributed by atoms with Crippen molar-refractivity contribution in [2.24, 2.45) is 5.92 Å². The van der Waals surface area contributed by atoms with Crippen LogP contribution in [0.3, 0.4) is 0 Å². The van der Waals surface area contributed by atoms with Gasteiger partial charge in [-0.1, -0.05) is 25.1 Å². The molecule has 0 bridgehead atoms. The lowest BCUT2D eigenvalue weighted by atomic mass is 10.1. The second-order valence-corrected chi connectivity index (χ2v) is 4.91. The minimum atomic E-state index is -0.906. The summed E-state index contributed by atoms with van der Waals surface area (Å²) in [5, 5.41) is 16.8. The number of carboxylic acids is 1. The molecule has 6 nitrogen and oxygen atoms in total. The molecule has 2 N–H and O–H groups in total. The lowest BCUT2D eigenvalue weighted by Gasteiger charge is -2.19. The number of fused-ring (bicyclic) bond motifs is 1. The van der Waals surface area contributed by atoms with Crippen LogP contribution >= 0.6 is 0 Å². The molecule has 2 rings (SSSR count). The molecule has 0 aliphatic carbocycles. The summed E-state index contributed by atoms with van der Waals surface area (Å²) in [6.07, 6.45) is 0.184. The third kappa shape index (κ3) is 2.96. The molecule has 106 valence electrons. The van der Waals surface area contributed by atoms with E-state index in [0.29, 0.717) is 0 Å². The van der Waals surface area contributed by atoms with Crippen LogP contribution in [0.5, 0.6) is 0 Å². The molecule has 0 radical (unpaired) electrons. The van der Waals surface area contributed by atoms with E-state index in [1.165, 1.54) is 4.90 Å². The molecule has 6 heteroatoms. The fraction of sp³-hybridized carbons (Fsp3) is 0.357. The second kappa shape index (κ2) is 5.73. The average molecular weight is 275 g/mol. The Balaban J connectivity index is 2.06. The predicted octanol–water partition coefficient (Wildman–Crippen LogP) is 1.28. The number of para-hydroxylation sites is 1. The van der Waals surface area contributed by atoms with Gasteiger partial charge in [-0.15, -0.1) is 0 Å². The topological polar surface area (TPSA) is 86.3 Å². The Morgan fingerprint density at radius 2 is 2.10 bits per heavy atom. The molecule has 2 aromatic rings. The molecular weight excluding hydrogens is 258 g/mol. The maximum Gasteiger partial charge on any atom is 0.308 e. The Morgan fingerprint density at radius 3 is 2.80 bits per heavy atom. The van der Waals surface area contributed by atoms with Crippen molar-refractivity contribution in [3.05, 3.63) is 30.0 Å². The molecule has 0 spiro atoms. The van der Waals surface area contributed by atoms with Gasteiger partial charge in [-0.25, -0.2) is 0 Å². The molecule has 20 heavy (non-hydrogen) atoms. The molecule has 0 saturated carbocycles. The summed E-state index contributed by atoms with van der Waals surface area (Å²) in [5.74, 6) is -1.62. The van der Waals surface area contributed by atoms with Crippen molar-refractivity contribution in [3.63, 3.8) is 0 Å². The number of hydrogen-bond donors (Lipinski definition) is 2. The van der Waals surface area contributed by atoms with E-state index in [0.717, 1.165) is 16.6 Å². The van der Waals surface area contributed by atoms with Gasteiger partial charge >= 0.3 is 5.97 Å². The van der Waals surface area contributed by atoms with E-state index in [1.54, 1.807) is 14.0 Å². The fourth-order valence-electron chi connectivity index (χ4n) is 2.03. The number of nitrogens with zero attached hydrogens (tertiary/aromatic N) is 2. The van der Waals surface area contributed by atoms with Crippen molar-refractivity contribution in [3.8, 4) is 0 Å². The molecule has 0 aliphatic heterocycles. The summed E-state index contributed by atoms with van der Waals surface area (Å²) in [6.45, 7) is 1.78. The highest BCUT2D eigenvalue weighted by Crippen LogP contribution is 2.16. The van der Waals surface area contributed by atoms with Crippen LogP contribution in [0.25, 0.3) is 10.9 Å². The molecule has 1 amide bonds. The Hall–Kier alpha value is -2.37. The summed E-state index contributed by atoms with van der Waals surface area (Å²) >= 11 is 0. The van der Waals surface area contributed by atoms with Crippen molar-refractivity contribution < 1.29 is 14.7 Å². The van der Waals surface area contributed by atoms with Gasteiger partial charge in [0.1, 0.15) is 0 Å². The maximum atomic E-state index is 12.1. The standard InChI is InChI=1S/C14H17N3O3/c1-9(14(19)20)8-17(2)13(18)7-12-10-5-3-4-6-11(10)15-16-12/h3-6,9H,7-8H2,1-2H3,(H,15,16)(H,19,20). The van der Waals surface area contributed by atoms with Gasteiger partial charge < -0.3 is 10.0 Å². The van der Waals surface area contributed by atoms with Crippen molar-refractivity contribution >= 4 is 22.8 Å². The van der Waals surface area contributed by atoms with Crippen LogP contribution < -0.4 is 0 Å². The fourth-order valence-corrected chi connectivity index (χ4v) is 2.03. The average Bonchev–Trinajstić information content (AvgIpc) is 2.82. The number of H-pyrrole nitrogens is 1. The van der Waals surface area contributed by atoms with E-state index in [2.05, 4.69) is 10.2 Å². The van der Waals surface area contributed by atoms with Gasteiger partial charge in [0.05, 0.1) is 23.5 Å². The number of nitrogens with one attached hydrogen (secondary N) is 1. The summed E-state index contributed by atoms with van der Waals surface area (Å²) in [5.41, 5.74) is 1.57. The number of benzene rings is 1. The van der Waals surface area contributed by atoms with Gasteiger partial charge in [0.15, 0.2) is 0 Å². The molecule has 1 aromatic heterocycles. The number of carboxylic acid groups (broad SMARTS) is 1. The Morgan fingerprint density at radius 1 is 1.40 bits per heavy atom. The number of carbonyl (C=O) groups excluding carboxylic acids is 1. The van der Waals surface area contributed by atoms with Crippen LogP contribution in [0, 0.1) is 5.92 Å². The lowest BCUT2D eigenvalue weighted by molar-refractivity contribution is -0.142. The highest BCUT2D eigenvalue weighted by atomic mass is 16.4. The van der Waals surface area contributed by atoms with Crippen LogP contribution in [0.15, 0.2) is 24.3 Å². The molecule has 0 aliphatic rings. The van der Waals surface area contributed by atoms with Gasteiger partial charge in [-0.05, 0) is 6.07 Å². The molecule has 1 aromatic carbocycles. The highest BCUT2D eigenvalue weighted by molar-refractivity contribution is 5.87. The zero-order valence-electron chi connectivity index (χ0n) is 11.5. The first-order valence-corrected chi connectivity index (χ1v) is 6.37. The maximum absolute atomic E-state index is 12.1. The monoisotopic (exact) mass is 275 g/mol. The summed E-state index contributed by atoms with van der Waals surface area (Å²) in [7, 11) is 1.61. The van der Waals surface area contributed by atoms with E-state index < -0.39 is 11.9 Å². The van der Waals surface area contributed by atoms with Crippen molar-refractivity contribution in [1.29, 1.82) is 0 Å². The van der Waals surface area contributed by atoms with Crippen LogP contribution in [0.1, 0.15) is 12.6 Å². The highest BCUT2D eigenvalue weighted by Gasteiger charge is 2.18. The second-order valence-electron chi connectivity index (χ2n) is 4.91. The number of amides is 1. The van der Waals surface area contributed by atoms with Crippen LogP contribution in [0.4, 0.5) is 0 Å². The van der Waals surface area contributed by atoms with Crippen molar-refractivity contribution in [1.82, 2.24) is 15.1 Å². The third-order valence-electron chi connectivity index (χ3n) is 3.26. The van der Waals surface area contributed by atoms with Gasteiger partial charge in [0, 0.05) is 19.0 Å². The van der Waals surface area contributed by atoms with Crippen molar-refractivity contribution in [2.75, 3.05) is 13.6 Å². The third-order valence-corrected chi connectivity index (χ3v) is 3.26. The van der Waals surface area contributed by atoms with E-state index in [1.807, 2.05) is 24.3 Å². The zero-order chi connectivity index (χ0) is 14.7. The Kier molecular flexibility index (Phi) is 4.02. The van der Waals surface area contributed by atoms with Gasteiger partial charge in [0.2, 0.25) is 5.91 Å². The molecule has 1 atom stereocenters. The predicted molar refractivity (Wildman–Crippen MR) is 74.2 cm³/mol. The first-order chi connectivity index (χ1) is 9.49. The summed E-state index contributed by atoms with van der Waals surface area (Å²) in [4.78, 5) is 24.3. The summed E-state index contributed by atoms with van der Waals surface area (Å²) < 4.78 is 0. The number of likely N-dealkylation sites (N-methyl/N-ethyl adjacent to an activating group) is 1. The number of aliphatic carboxylic acids is 1. The number of aromatic nitrogens is 2. The van der Waals surface area contributed by atoms with Gasteiger partial charge in [-0.2, -0.15) is 5.10 Å². The van der Waals surface area contributed by atoms with Gasteiger partial charge in [0.25, 0.3) is 0 Å². The lowest BCUT2D eigenvalue weighted by Crippen LogP contribution is -2.34. The number of rotatable bonds is 5. The smallest absolute Gasteiger partial charge is 0.308 e. The van der Waals surface area contributed by atoms with Gasteiger partial charge in [-0.3, -0.25) is 14.7 Å². The quantitative estimate of drug-likeness (QED) is 0.860. The van der Waals surface area contributed by atoms with E-state index in [9.17, 15) is 9.59 Å². The first-order valence-electron chi connectivity index (χ1n) is 6.37. The minimum Gasteiger partial charge on any atom is -0.481 e. The largest absolute Gasteiger partial charge is 0.481 e. The van der Waals surface area contributed by atoms with E-state index in [-0.39, 0.29) is 18.9 Å². The first kappa shape index (κ1) is 14.0. The van der Waals surface area contributed by atoms with Crippen LogP contribution in [0.2, 0.25) is 0 Å². The summed E-state index contributed by atoms with van der Waals surface area (Å²) in [6, 6.07) is 7.55. The minimum absolute atomic E-state index is 0.132. The molecule has 0 saturated heterocycles. The number of aromatic amines is 1. The molecule has 1 unspecified atom stereocenters. The Labute approximate surface area is 116 Å². The van der Waals surface area contributed by atoms with Crippen LogP contribution in [-0.2, 0) is 16.0 Å². The number of hydrogen-bond acceptors (Lipinski definition) is 3. The molecule has 1 heterocycles. The van der Waals surface area contributed by atoms with Crippen LogP contribution in [-0.4, -0.2) is 45.7 Å². The van der Waals surface area contributed by atoms with E-state index >= 15 is 0 Å². The zero-order valence-corrected chi connectivity index (χ0v) is 11.5. The van der Waals surface area contributed by atoms with Crippen molar-refractivity contribution in [2.45, 2.75) is 13.3 Å². The molecule has 0 fully saturated rings. The molecular formula is C14H17N3O3. The number of carbonyl (C=O) groups is 2. The Bertz CT molecular complexity index is 635.